The molecule has 1 aromatic heterocycles. The molecule has 0 aliphatic heterocycles. The van der Waals surface area contributed by atoms with Crippen LogP contribution in [0.2, 0.25) is 0 Å². The third kappa shape index (κ3) is 4.06. The Hall–Kier alpha value is -2.79. The first-order valence-corrected chi connectivity index (χ1v) is 9.13. The van der Waals surface area contributed by atoms with E-state index in [4.69, 9.17) is 9.47 Å². The lowest BCUT2D eigenvalue weighted by atomic mass is 10.0. The zero-order valence-electron chi connectivity index (χ0n) is 15.0. The second kappa shape index (κ2) is 8.06. The number of carbonyl (C=O) groups excluding carboxylic acids is 1. The third-order valence-electron chi connectivity index (χ3n) is 4.10. The van der Waals surface area contributed by atoms with Gasteiger partial charge in [0, 0.05) is 18.2 Å². The Morgan fingerprint density at radius 2 is 1.65 bits per heavy atom. The first-order valence-electron chi connectivity index (χ1n) is 8.25. The van der Waals surface area contributed by atoms with Crippen LogP contribution >= 0.6 is 11.3 Å². The SMILES string of the molecule is COc1cc(CNC(=O)c2sccc2-c2ccc(C)cc2)cc(OC)c1. The minimum Gasteiger partial charge on any atom is -0.497 e. The topological polar surface area (TPSA) is 47.6 Å². The van der Waals surface area contributed by atoms with Crippen molar-refractivity contribution in [2.45, 2.75) is 13.5 Å². The van der Waals surface area contributed by atoms with E-state index < -0.39 is 0 Å². The minimum absolute atomic E-state index is 0.0858. The molecule has 3 rings (SSSR count). The molecular formula is C21H21NO3S. The van der Waals surface area contributed by atoms with Gasteiger partial charge >= 0.3 is 0 Å². The predicted octanol–water partition coefficient (Wildman–Crippen LogP) is 4.67. The van der Waals surface area contributed by atoms with E-state index in [0.717, 1.165) is 16.7 Å². The number of amides is 1. The average Bonchev–Trinajstić information content (AvgIpc) is 3.16. The van der Waals surface area contributed by atoms with Crippen LogP contribution in [0.3, 0.4) is 0 Å². The maximum atomic E-state index is 12.7. The van der Waals surface area contributed by atoms with Crippen molar-refractivity contribution in [3.63, 3.8) is 0 Å². The van der Waals surface area contributed by atoms with Gasteiger partial charge in [-0.25, -0.2) is 0 Å². The lowest BCUT2D eigenvalue weighted by molar-refractivity contribution is 0.0955. The van der Waals surface area contributed by atoms with E-state index in [9.17, 15) is 4.79 Å². The van der Waals surface area contributed by atoms with Gasteiger partial charge in [0.15, 0.2) is 0 Å². The molecule has 0 aliphatic carbocycles. The van der Waals surface area contributed by atoms with Gasteiger partial charge in [0.05, 0.1) is 19.1 Å². The summed E-state index contributed by atoms with van der Waals surface area (Å²) >= 11 is 1.45. The monoisotopic (exact) mass is 367 g/mol. The minimum atomic E-state index is -0.0858. The molecule has 0 saturated carbocycles. The number of carbonyl (C=O) groups is 1. The number of benzene rings is 2. The predicted molar refractivity (Wildman–Crippen MR) is 105 cm³/mol. The van der Waals surface area contributed by atoms with Gasteiger partial charge in [0.1, 0.15) is 11.5 Å². The van der Waals surface area contributed by atoms with Gasteiger partial charge in [-0.05, 0) is 41.6 Å². The molecule has 134 valence electrons. The van der Waals surface area contributed by atoms with Gasteiger partial charge in [-0.2, -0.15) is 0 Å². The lowest BCUT2D eigenvalue weighted by Crippen LogP contribution is -2.22. The molecular weight excluding hydrogens is 346 g/mol. The summed E-state index contributed by atoms with van der Waals surface area (Å²) in [4.78, 5) is 13.4. The zero-order valence-corrected chi connectivity index (χ0v) is 15.9. The molecule has 1 N–H and O–H groups in total. The van der Waals surface area contributed by atoms with E-state index >= 15 is 0 Å². The Labute approximate surface area is 157 Å². The van der Waals surface area contributed by atoms with Crippen molar-refractivity contribution in [2.24, 2.45) is 0 Å². The Balaban J connectivity index is 1.76. The van der Waals surface area contributed by atoms with Crippen molar-refractivity contribution in [2.75, 3.05) is 14.2 Å². The van der Waals surface area contributed by atoms with Crippen LogP contribution in [0.25, 0.3) is 11.1 Å². The van der Waals surface area contributed by atoms with Crippen LogP contribution in [0, 0.1) is 6.92 Å². The van der Waals surface area contributed by atoms with Crippen LogP contribution in [0.1, 0.15) is 20.8 Å². The van der Waals surface area contributed by atoms with Crippen LogP contribution < -0.4 is 14.8 Å². The van der Waals surface area contributed by atoms with Crippen LogP contribution in [-0.4, -0.2) is 20.1 Å². The van der Waals surface area contributed by atoms with Crippen molar-refractivity contribution < 1.29 is 14.3 Å². The molecule has 2 aromatic carbocycles. The molecule has 0 spiro atoms. The second-order valence-electron chi connectivity index (χ2n) is 5.93. The molecule has 4 nitrogen and oxygen atoms in total. The van der Waals surface area contributed by atoms with Crippen molar-refractivity contribution in [1.82, 2.24) is 5.32 Å². The van der Waals surface area contributed by atoms with E-state index in [0.29, 0.717) is 22.9 Å². The third-order valence-corrected chi connectivity index (χ3v) is 5.01. The molecule has 3 aromatic rings. The van der Waals surface area contributed by atoms with Crippen molar-refractivity contribution >= 4 is 17.2 Å². The van der Waals surface area contributed by atoms with Gasteiger partial charge < -0.3 is 14.8 Å². The highest BCUT2D eigenvalue weighted by molar-refractivity contribution is 7.12. The molecule has 0 saturated heterocycles. The fourth-order valence-corrected chi connectivity index (χ4v) is 3.51. The van der Waals surface area contributed by atoms with Crippen molar-refractivity contribution in [3.05, 3.63) is 69.9 Å². The summed E-state index contributed by atoms with van der Waals surface area (Å²) in [6, 6.07) is 15.8. The van der Waals surface area contributed by atoms with E-state index in [1.807, 2.05) is 42.6 Å². The van der Waals surface area contributed by atoms with Crippen LogP contribution in [0.4, 0.5) is 0 Å². The van der Waals surface area contributed by atoms with E-state index in [2.05, 4.69) is 17.4 Å². The molecule has 0 radical (unpaired) electrons. The Bertz CT molecular complexity index is 878. The molecule has 0 unspecified atom stereocenters. The lowest BCUT2D eigenvalue weighted by Gasteiger charge is -2.10. The first kappa shape index (κ1) is 18.0. The van der Waals surface area contributed by atoms with E-state index in [-0.39, 0.29) is 5.91 Å². The molecule has 0 atom stereocenters. The van der Waals surface area contributed by atoms with Gasteiger partial charge in [-0.1, -0.05) is 29.8 Å². The molecule has 0 fully saturated rings. The maximum absolute atomic E-state index is 12.7. The number of thiophene rings is 1. The average molecular weight is 367 g/mol. The number of aryl methyl sites for hydroxylation is 1. The summed E-state index contributed by atoms with van der Waals surface area (Å²) in [6.07, 6.45) is 0. The smallest absolute Gasteiger partial charge is 0.262 e. The van der Waals surface area contributed by atoms with Crippen LogP contribution in [0.15, 0.2) is 53.9 Å². The summed E-state index contributed by atoms with van der Waals surface area (Å²) in [5.74, 6) is 1.31. The maximum Gasteiger partial charge on any atom is 0.262 e. The highest BCUT2D eigenvalue weighted by Crippen LogP contribution is 2.29. The number of rotatable bonds is 6. The number of methoxy groups -OCH3 is 2. The Morgan fingerprint density at radius 1 is 1.00 bits per heavy atom. The fraction of sp³-hybridized carbons (Fsp3) is 0.190. The van der Waals surface area contributed by atoms with Gasteiger partial charge in [-0.3, -0.25) is 4.79 Å². The summed E-state index contributed by atoms with van der Waals surface area (Å²) < 4.78 is 10.5. The number of nitrogens with one attached hydrogen (secondary N) is 1. The number of hydrogen-bond acceptors (Lipinski definition) is 4. The van der Waals surface area contributed by atoms with Crippen LogP contribution in [-0.2, 0) is 6.54 Å². The summed E-state index contributed by atoms with van der Waals surface area (Å²) in [5.41, 5.74) is 4.12. The fourth-order valence-electron chi connectivity index (χ4n) is 2.68. The van der Waals surface area contributed by atoms with Gasteiger partial charge in [0.25, 0.3) is 5.91 Å². The Kier molecular flexibility index (Phi) is 5.58. The van der Waals surface area contributed by atoms with Crippen molar-refractivity contribution in [1.29, 1.82) is 0 Å². The summed E-state index contributed by atoms with van der Waals surface area (Å²) in [6.45, 7) is 2.45. The summed E-state index contributed by atoms with van der Waals surface area (Å²) in [7, 11) is 3.22. The van der Waals surface area contributed by atoms with Crippen molar-refractivity contribution in [3.8, 4) is 22.6 Å². The standard InChI is InChI=1S/C21H21NO3S/c1-14-4-6-16(7-5-14)19-8-9-26-20(19)21(23)22-13-15-10-17(24-2)12-18(11-15)25-3/h4-12H,13H2,1-3H3,(H,22,23). The second-order valence-corrected chi connectivity index (χ2v) is 6.85. The first-order chi connectivity index (χ1) is 12.6. The highest BCUT2D eigenvalue weighted by Gasteiger charge is 2.14. The summed E-state index contributed by atoms with van der Waals surface area (Å²) in [5, 5.41) is 4.93. The highest BCUT2D eigenvalue weighted by atomic mass is 32.1. The zero-order chi connectivity index (χ0) is 18.5. The molecule has 1 amide bonds. The van der Waals surface area contributed by atoms with Gasteiger partial charge in [-0.15, -0.1) is 11.3 Å². The van der Waals surface area contributed by atoms with E-state index in [1.165, 1.54) is 16.9 Å². The quantitative estimate of drug-likeness (QED) is 0.689. The molecule has 1 heterocycles. The van der Waals surface area contributed by atoms with Gasteiger partial charge in [0.2, 0.25) is 0 Å². The number of hydrogen-bond donors (Lipinski definition) is 1. The largest absolute Gasteiger partial charge is 0.497 e. The Morgan fingerprint density at radius 3 is 2.27 bits per heavy atom. The molecule has 0 aliphatic rings. The van der Waals surface area contributed by atoms with E-state index in [1.54, 1.807) is 20.3 Å². The molecule has 26 heavy (non-hydrogen) atoms. The molecule has 5 heteroatoms. The number of ether oxygens (including phenoxy) is 2. The van der Waals surface area contributed by atoms with Crippen LogP contribution in [0.5, 0.6) is 11.5 Å². The molecule has 0 bridgehead atoms. The normalized spacial score (nSPS) is 10.4.